The molecule has 4 rings (SSSR count). The Morgan fingerprint density at radius 2 is 1.95 bits per heavy atom. The Hall–Kier alpha value is -2.76. The normalized spacial score (nSPS) is 21.5. The zero-order valence-corrected chi connectivity index (χ0v) is 23.2. The van der Waals surface area contributed by atoms with Crippen LogP contribution in [-0.4, -0.2) is 60.5 Å². The number of nitrogens with one attached hydrogen (secondary N) is 1. The number of carbonyl (C=O) groups is 2. The number of hydrogen-bond acceptors (Lipinski definition) is 7. The average Bonchev–Trinajstić information content (AvgIpc) is 3.23. The third-order valence-corrected chi connectivity index (χ3v) is 8.91. The Kier molecular flexibility index (Phi) is 7.77. The highest BCUT2D eigenvalue weighted by molar-refractivity contribution is 8.16. The summed E-state index contributed by atoms with van der Waals surface area (Å²) in [4.78, 5) is 30.6. The summed E-state index contributed by atoms with van der Waals surface area (Å²) in [5.41, 5.74) is 0.801. The number of nitrogens with zero attached hydrogens (tertiary/aromatic N) is 2. The van der Waals surface area contributed by atoms with Crippen molar-refractivity contribution in [2.75, 3.05) is 23.0 Å². The molecule has 2 fully saturated rings. The molecule has 9 nitrogen and oxygen atoms in total. The highest BCUT2D eigenvalue weighted by Crippen LogP contribution is 2.45. The molecule has 1 N–H and O–H groups in total. The van der Waals surface area contributed by atoms with Gasteiger partial charge in [-0.25, -0.2) is 13.2 Å². The summed E-state index contributed by atoms with van der Waals surface area (Å²) < 4.78 is 36.2. The highest BCUT2D eigenvalue weighted by atomic mass is 35.5. The van der Waals surface area contributed by atoms with Crippen molar-refractivity contribution in [3.05, 3.63) is 53.1 Å². The van der Waals surface area contributed by atoms with E-state index in [0.29, 0.717) is 27.4 Å². The van der Waals surface area contributed by atoms with E-state index in [1.54, 1.807) is 43.9 Å². The number of ether oxygens (including phenoxy) is 2. The molecule has 2 aliphatic rings. The molecular formula is C25H28ClN3O6S2. The summed E-state index contributed by atoms with van der Waals surface area (Å²) in [6.45, 7) is 6.73. The predicted octanol–water partition coefficient (Wildman–Crippen LogP) is 4.57. The second-order valence-corrected chi connectivity index (χ2v) is 13.6. The van der Waals surface area contributed by atoms with E-state index in [0.717, 1.165) is 5.56 Å². The Morgan fingerprint density at radius 3 is 2.65 bits per heavy atom. The molecule has 0 bridgehead atoms. The van der Waals surface area contributed by atoms with Gasteiger partial charge in [-0.15, -0.1) is 0 Å². The Morgan fingerprint density at radius 1 is 1.19 bits per heavy atom. The number of benzene rings is 2. The number of hydrogen-bond donors (Lipinski definition) is 1. The average molecular weight is 566 g/mol. The van der Waals surface area contributed by atoms with Crippen LogP contribution in [0.4, 0.5) is 10.5 Å². The predicted molar refractivity (Wildman–Crippen MR) is 146 cm³/mol. The Labute approximate surface area is 225 Å². The zero-order chi connectivity index (χ0) is 27.0. The quantitative estimate of drug-likeness (QED) is 0.561. The minimum absolute atomic E-state index is 0.0309. The number of fused-ring (bicyclic) bond motifs is 1. The number of halogens is 1. The van der Waals surface area contributed by atoms with E-state index >= 15 is 0 Å². The summed E-state index contributed by atoms with van der Waals surface area (Å²) in [5, 5.41) is 2.82. The molecule has 2 amide bonds. The van der Waals surface area contributed by atoms with Crippen LogP contribution in [0.15, 0.2) is 47.5 Å². The first-order chi connectivity index (χ1) is 17.3. The van der Waals surface area contributed by atoms with Crippen LogP contribution in [0.3, 0.4) is 0 Å². The molecular weight excluding hydrogens is 538 g/mol. The van der Waals surface area contributed by atoms with Gasteiger partial charge < -0.3 is 19.7 Å². The number of rotatable bonds is 5. The molecule has 12 heteroatoms. The fourth-order valence-electron chi connectivity index (χ4n) is 4.03. The monoisotopic (exact) mass is 565 g/mol. The lowest BCUT2D eigenvalue weighted by Gasteiger charge is -2.27. The van der Waals surface area contributed by atoms with Gasteiger partial charge in [-0.3, -0.25) is 4.79 Å². The lowest BCUT2D eigenvalue weighted by Crippen LogP contribution is -2.39. The van der Waals surface area contributed by atoms with E-state index in [-0.39, 0.29) is 23.3 Å². The van der Waals surface area contributed by atoms with Crippen molar-refractivity contribution in [2.45, 2.75) is 44.6 Å². The van der Waals surface area contributed by atoms with Crippen molar-refractivity contribution in [2.24, 2.45) is 4.99 Å². The highest BCUT2D eigenvalue weighted by Gasteiger charge is 2.50. The second kappa shape index (κ2) is 10.5. The van der Waals surface area contributed by atoms with E-state index in [2.05, 4.69) is 10.3 Å². The SMILES string of the molecule is Cc1cccc(Oc2ccc(Cl)cc2N2C(=NC(=O)CNC(=O)OC(C)(C)C)SC3CS(=O)(=O)CC32)c1. The number of aryl methyl sites for hydroxylation is 1. The van der Waals surface area contributed by atoms with Crippen LogP contribution >= 0.6 is 23.4 Å². The number of anilines is 1. The van der Waals surface area contributed by atoms with Crippen molar-refractivity contribution < 1.29 is 27.5 Å². The number of alkyl carbamates (subject to hydrolysis) is 1. The maximum atomic E-state index is 12.7. The Balaban J connectivity index is 1.65. The van der Waals surface area contributed by atoms with Gasteiger partial charge in [0, 0.05) is 10.3 Å². The molecule has 2 saturated heterocycles. The topological polar surface area (TPSA) is 114 Å². The van der Waals surface area contributed by atoms with Crippen LogP contribution in [0.1, 0.15) is 26.3 Å². The second-order valence-electron chi connectivity index (χ2n) is 9.84. The van der Waals surface area contributed by atoms with Crippen molar-refractivity contribution in [3.63, 3.8) is 0 Å². The van der Waals surface area contributed by atoms with Gasteiger partial charge in [0.15, 0.2) is 20.8 Å². The maximum absolute atomic E-state index is 12.7. The first-order valence-corrected chi connectivity index (χ1v) is 14.7. The third-order valence-electron chi connectivity index (χ3n) is 5.47. The number of sulfone groups is 1. The summed E-state index contributed by atoms with van der Waals surface area (Å²) in [5.74, 6) is 0.306. The van der Waals surface area contributed by atoms with Gasteiger partial charge >= 0.3 is 6.09 Å². The fourth-order valence-corrected chi connectivity index (χ4v) is 8.12. The maximum Gasteiger partial charge on any atom is 0.408 e. The van der Waals surface area contributed by atoms with Gasteiger partial charge in [0.25, 0.3) is 5.91 Å². The van der Waals surface area contributed by atoms with Gasteiger partial charge in [0.05, 0.1) is 23.2 Å². The van der Waals surface area contributed by atoms with E-state index in [1.807, 2.05) is 31.2 Å². The molecule has 37 heavy (non-hydrogen) atoms. The molecule has 2 atom stereocenters. The number of amides is 2. The van der Waals surface area contributed by atoms with E-state index in [4.69, 9.17) is 21.1 Å². The number of aliphatic imine (C=N–C) groups is 1. The van der Waals surface area contributed by atoms with E-state index in [9.17, 15) is 18.0 Å². The third kappa shape index (κ3) is 6.97. The molecule has 0 spiro atoms. The van der Waals surface area contributed by atoms with Crippen LogP contribution in [0, 0.1) is 6.92 Å². The largest absolute Gasteiger partial charge is 0.455 e. The van der Waals surface area contributed by atoms with Gasteiger partial charge in [0.2, 0.25) is 0 Å². The molecule has 0 aliphatic carbocycles. The van der Waals surface area contributed by atoms with E-state index < -0.39 is 33.5 Å². The van der Waals surface area contributed by atoms with Crippen molar-refractivity contribution in [1.29, 1.82) is 0 Å². The number of carbonyl (C=O) groups excluding carboxylic acids is 2. The van der Waals surface area contributed by atoms with Gasteiger partial charge in [-0.1, -0.05) is 35.5 Å². The van der Waals surface area contributed by atoms with Crippen molar-refractivity contribution in [1.82, 2.24) is 5.32 Å². The zero-order valence-electron chi connectivity index (χ0n) is 20.9. The molecule has 2 aromatic rings. The first kappa shape index (κ1) is 27.3. The van der Waals surface area contributed by atoms with Gasteiger partial charge in [-0.2, -0.15) is 4.99 Å². The number of amidine groups is 1. The van der Waals surface area contributed by atoms with Gasteiger partial charge in [-0.05, 0) is 63.6 Å². The summed E-state index contributed by atoms with van der Waals surface area (Å²) in [6, 6.07) is 12.1. The smallest absolute Gasteiger partial charge is 0.408 e. The summed E-state index contributed by atoms with van der Waals surface area (Å²) >= 11 is 7.55. The van der Waals surface area contributed by atoms with Crippen LogP contribution in [0.5, 0.6) is 11.5 Å². The minimum atomic E-state index is -3.27. The molecule has 0 aromatic heterocycles. The molecule has 2 aliphatic heterocycles. The first-order valence-electron chi connectivity index (χ1n) is 11.6. The van der Waals surface area contributed by atoms with Crippen LogP contribution in [-0.2, 0) is 19.4 Å². The summed E-state index contributed by atoms with van der Waals surface area (Å²) in [6.07, 6.45) is -0.733. The molecule has 2 heterocycles. The van der Waals surface area contributed by atoms with Crippen LogP contribution in [0.2, 0.25) is 5.02 Å². The van der Waals surface area contributed by atoms with Crippen LogP contribution < -0.4 is 15.0 Å². The molecule has 2 aromatic carbocycles. The van der Waals surface area contributed by atoms with Crippen molar-refractivity contribution in [3.8, 4) is 11.5 Å². The van der Waals surface area contributed by atoms with Gasteiger partial charge in [0.1, 0.15) is 17.9 Å². The lowest BCUT2D eigenvalue weighted by atomic mass is 10.2. The molecule has 198 valence electrons. The summed E-state index contributed by atoms with van der Waals surface area (Å²) in [7, 11) is -3.27. The van der Waals surface area contributed by atoms with Crippen molar-refractivity contribution >= 4 is 56.1 Å². The standard InChI is InChI=1S/C25H28ClN3O6S2/c1-15-6-5-7-17(10-15)34-20-9-8-16(26)11-18(20)29-19-13-37(32,33)14-21(19)36-23(29)28-22(30)12-27-24(31)35-25(2,3)4/h5-11,19,21H,12-14H2,1-4H3,(H,27,31). The fraction of sp³-hybridized carbons (Fsp3) is 0.400. The number of thioether (sulfide) groups is 1. The molecule has 0 radical (unpaired) electrons. The van der Waals surface area contributed by atoms with E-state index in [1.165, 1.54) is 11.8 Å². The lowest BCUT2D eigenvalue weighted by molar-refractivity contribution is -0.117. The van der Waals surface area contributed by atoms with Crippen LogP contribution in [0.25, 0.3) is 0 Å². The Bertz CT molecular complexity index is 1360. The molecule has 0 saturated carbocycles. The molecule has 2 unspecified atom stereocenters. The minimum Gasteiger partial charge on any atom is -0.455 e.